The van der Waals surface area contributed by atoms with E-state index in [1.807, 2.05) is 5.38 Å². The van der Waals surface area contributed by atoms with Crippen molar-refractivity contribution < 1.29 is 9.34 Å². The number of aromatic nitrogens is 1. The van der Waals surface area contributed by atoms with Crippen LogP contribution < -0.4 is 0 Å². The first-order chi connectivity index (χ1) is 11.2. The molecular formula is C16H9N3O3S. The summed E-state index contributed by atoms with van der Waals surface area (Å²) in [5.74, 6) is 0.577. The molecule has 23 heavy (non-hydrogen) atoms. The molecule has 0 amide bonds. The van der Waals surface area contributed by atoms with Crippen LogP contribution in [-0.2, 0) is 0 Å². The Morgan fingerprint density at radius 1 is 1.35 bits per heavy atom. The average molecular weight is 323 g/mol. The summed E-state index contributed by atoms with van der Waals surface area (Å²) in [6, 6.07) is 11.7. The molecule has 2 aromatic heterocycles. The van der Waals surface area contributed by atoms with E-state index in [0.717, 1.165) is 5.56 Å². The highest BCUT2D eigenvalue weighted by atomic mass is 32.1. The summed E-state index contributed by atoms with van der Waals surface area (Å²) in [5, 5.41) is 22.3. The van der Waals surface area contributed by atoms with Gasteiger partial charge in [0.1, 0.15) is 16.8 Å². The van der Waals surface area contributed by atoms with Gasteiger partial charge in [-0.05, 0) is 24.3 Å². The number of hydrogen-bond donors (Lipinski definition) is 0. The van der Waals surface area contributed by atoms with E-state index >= 15 is 0 Å². The minimum atomic E-state index is -0.448. The summed E-state index contributed by atoms with van der Waals surface area (Å²) in [6.45, 7) is 0. The van der Waals surface area contributed by atoms with Crippen molar-refractivity contribution in [1.82, 2.24) is 4.98 Å². The van der Waals surface area contributed by atoms with Crippen molar-refractivity contribution in [1.29, 1.82) is 5.26 Å². The fourth-order valence-electron chi connectivity index (χ4n) is 1.94. The Balaban J connectivity index is 1.90. The SMILES string of the molecule is N#CC(=Cc1ccco1)c1nc(-c2ccc([N+](=O)[O-])cc2)cs1. The second-order valence-corrected chi connectivity index (χ2v) is 5.39. The van der Waals surface area contributed by atoms with E-state index in [1.54, 1.807) is 30.3 Å². The third kappa shape index (κ3) is 3.17. The Hall–Kier alpha value is -3.24. The van der Waals surface area contributed by atoms with Crippen LogP contribution in [0.2, 0.25) is 0 Å². The fraction of sp³-hybridized carbons (Fsp3) is 0. The molecule has 7 heteroatoms. The third-order valence-electron chi connectivity index (χ3n) is 3.06. The number of rotatable bonds is 4. The maximum absolute atomic E-state index is 10.7. The molecule has 1 aromatic carbocycles. The number of nitrogens with zero attached hydrogens (tertiary/aromatic N) is 3. The van der Waals surface area contributed by atoms with Crippen molar-refractivity contribution in [3.8, 4) is 17.3 Å². The van der Waals surface area contributed by atoms with Crippen molar-refractivity contribution >= 4 is 28.7 Å². The smallest absolute Gasteiger partial charge is 0.269 e. The zero-order valence-corrected chi connectivity index (χ0v) is 12.5. The van der Waals surface area contributed by atoms with E-state index in [-0.39, 0.29) is 5.69 Å². The number of thiazole rings is 1. The molecular weight excluding hydrogens is 314 g/mol. The lowest BCUT2D eigenvalue weighted by atomic mass is 10.1. The van der Waals surface area contributed by atoms with E-state index < -0.39 is 4.92 Å². The van der Waals surface area contributed by atoms with Gasteiger partial charge >= 0.3 is 0 Å². The maximum Gasteiger partial charge on any atom is 0.269 e. The lowest BCUT2D eigenvalue weighted by molar-refractivity contribution is -0.384. The number of benzene rings is 1. The Morgan fingerprint density at radius 2 is 2.13 bits per heavy atom. The Bertz CT molecular complexity index is 903. The molecule has 112 valence electrons. The van der Waals surface area contributed by atoms with Gasteiger partial charge in [-0.3, -0.25) is 10.1 Å². The fourth-order valence-corrected chi connectivity index (χ4v) is 2.74. The number of hydrogen-bond acceptors (Lipinski definition) is 6. The summed E-state index contributed by atoms with van der Waals surface area (Å²) in [5.41, 5.74) is 1.85. The first-order valence-electron chi connectivity index (χ1n) is 6.53. The second kappa shape index (κ2) is 6.25. The first-order valence-corrected chi connectivity index (χ1v) is 7.41. The zero-order valence-electron chi connectivity index (χ0n) is 11.7. The average Bonchev–Trinajstić information content (AvgIpc) is 3.24. The van der Waals surface area contributed by atoms with Crippen molar-refractivity contribution in [2.75, 3.05) is 0 Å². The number of nitro groups is 1. The van der Waals surface area contributed by atoms with Crippen LogP contribution in [-0.4, -0.2) is 9.91 Å². The van der Waals surface area contributed by atoms with Crippen LogP contribution in [0.25, 0.3) is 22.9 Å². The quantitative estimate of drug-likeness (QED) is 0.403. The van der Waals surface area contributed by atoms with E-state index in [0.29, 0.717) is 22.0 Å². The summed E-state index contributed by atoms with van der Waals surface area (Å²) < 4.78 is 5.20. The Labute approximate surface area is 135 Å². The molecule has 3 rings (SSSR count). The predicted octanol–water partition coefficient (Wildman–Crippen LogP) is 4.38. The molecule has 0 fully saturated rings. The second-order valence-electron chi connectivity index (χ2n) is 4.53. The molecule has 0 unspecified atom stereocenters. The minimum Gasteiger partial charge on any atom is -0.465 e. The number of nitro benzene ring substituents is 1. The van der Waals surface area contributed by atoms with Crippen molar-refractivity contribution in [2.24, 2.45) is 0 Å². The van der Waals surface area contributed by atoms with Crippen LogP contribution in [0.1, 0.15) is 10.8 Å². The van der Waals surface area contributed by atoms with Crippen molar-refractivity contribution in [3.63, 3.8) is 0 Å². The van der Waals surface area contributed by atoms with Crippen LogP contribution in [0.3, 0.4) is 0 Å². The molecule has 0 N–H and O–H groups in total. The molecule has 0 aliphatic carbocycles. The van der Waals surface area contributed by atoms with Gasteiger partial charge in [-0.25, -0.2) is 4.98 Å². The third-order valence-corrected chi connectivity index (χ3v) is 3.93. The summed E-state index contributed by atoms with van der Waals surface area (Å²) in [6.07, 6.45) is 3.16. The van der Waals surface area contributed by atoms with Crippen LogP contribution in [0.5, 0.6) is 0 Å². The van der Waals surface area contributed by atoms with Crippen LogP contribution in [0.15, 0.2) is 52.5 Å². The normalized spacial score (nSPS) is 11.2. The molecule has 6 nitrogen and oxygen atoms in total. The summed E-state index contributed by atoms with van der Waals surface area (Å²) >= 11 is 1.33. The Kier molecular flexibility index (Phi) is 3.99. The minimum absolute atomic E-state index is 0.0274. The number of non-ortho nitro benzene ring substituents is 1. The summed E-state index contributed by atoms with van der Waals surface area (Å²) in [7, 11) is 0. The van der Waals surface area contributed by atoms with Gasteiger partial charge in [0.2, 0.25) is 0 Å². The highest BCUT2D eigenvalue weighted by Gasteiger charge is 2.11. The van der Waals surface area contributed by atoms with Gasteiger partial charge in [0.05, 0.1) is 22.5 Å². The molecule has 0 aliphatic rings. The largest absolute Gasteiger partial charge is 0.465 e. The molecule has 0 aliphatic heterocycles. The van der Waals surface area contributed by atoms with Crippen LogP contribution >= 0.6 is 11.3 Å². The van der Waals surface area contributed by atoms with Gasteiger partial charge in [0.15, 0.2) is 0 Å². The molecule has 0 saturated carbocycles. The predicted molar refractivity (Wildman–Crippen MR) is 86.4 cm³/mol. The van der Waals surface area contributed by atoms with Crippen molar-refractivity contribution in [3.05, 3.63) is 68.9 Å². The highest BCUT2D eigenvalue weighted by molar-refractivity contribution is 7.11. The van der Waals surface area contributed by atoms with E-state index in [9.17, 15) is 15.4 Å². The topological polar surface area (TPSA) is 93.0 Å². The maximum atomic E-state index is 10.7. The van der Waals surface area contributed by atoms with E-state index in [4.69, 9.17) is 4.42 Å². The number of nitriles is 1. The number of furan rings is 1. The van der Waals surface area contributed by atoms with Gasteiger partial charge < -0.3 is 4.42 Å². The molecule has 0 saturated heterocycles. The molecule has 0 atom stereocenters. The standard InChI is InChI=1S/C16H9N3O3S/c17-9-12(8-14-2-1-7-22-14)16-18-15(10-23-16)11-3-5-13(6-4-11)19(20)21/h1-8,10H. The zero-order chi connectivity index (χ0) is 16.2. The van der Waals surface area contributed by atoms with Gasteiger partial charge in [0, 0.05) is 29.2 Å². The summed E-state index contributed by atoms with van der Waals surface area (Å²) in [4.78, 5) is 14.6. The van der Waals surface area contributed by atoms with E-state index in [2.05, 4.69) is 11.1 Å². The Morgan fingerprint density at radius 3 is 2.74 bits per heavy atom. The van der Waals surface area contributed by atoms with Gasteiger partial charge in [-0.15, -0.1) is 11.3 Å². The van der Waals surface area contributed by atoms with E-state index in [1.165, 1.54) is 29.7 Å². The number of allylic oxidation sites excluding steroid dienone is 1. The molecule has 3 aromatic rings. The molecule has 0 radical (unpaired) electrons. The molecule has 2 heterocycles. The highest BCUT2D eigenvalue weighted by Crippen LogP contribution is 2.28. The molecule has 0 bridgehead atoms. The van der Waals surface area contributed by atoms with Gasteiger partial charge in [0.25, 0.3) is 5.69 Å². The lowest BCUT2D eigenvalue weighted by Crippen LogP contribution is -1.87. The monoisotopic (exact) mass is 323 g/mol. The first kappa shape index (κ1) is 14.7. The van der Waals surface area contributed by atoms with Crippen LogP contribution in [0.4, 0.5) is 5.69 Å². The van der Waals surface area contributed by atoms with Crippen LogP contribution in [0, 0.1) is 21.4 Å². The molecule has 0 spiro atoms. The van der Waals surface area contributed by atoms with Crippen molar-refractivity contribution in [2.45, 2.75) is 0 Å². The van der Waals surface area contributed by atoms with Gasteiger partial charge in [-0.2, -0.15) is 5.26 Å². The van der Waals surface area contributed by atoms with Gasteiger partial charge in [-0.1, -0.05) is 0 Å². The lowest BCUT2D eigenvalue weighted by Gasteiger charge is -1.96.